The van der Waals surface area contributed by atoms with Crippen LogP contribution in [0.4, 0.5) is 0 Å². The molecule has 1 aromatic carbocycles. The fourth-order valence-electron chi connectivity index (χ4n) is 2.44. The van der Waals surface area contributed by atoms with E-state index in [4.69, 9.17) is 9.47 Å². The van der Waals surface area contributed by atoms with Gasteiger partial charge in [-0.05, 0) is 25.0 Å². The van der Waals surface area contributed by atoms with E-state index in [0.717, 1.165) is 19.3 Å². The zero-order chi connectivity index (χ0) is 18.1. The number of aromatic nitrogens is 3. The largest absolute Gasteiger partial charge is 0.354 e. The molecule has 136 valence electrons. The van der Waals surface area contributed by atoms with Gasteiger partial charge in [-0.25, -0.2) is 4.68 Å². The molecule has 2 aromatic rings. The summed E-state index contributed by atoms with van der Waals surface area (Å²) < 4.78 is 11.4. The van der Waals surface area contributed by atoms with Gasteiger partial charge in [0.2, 0.25) is 5.91 Å². The number of nitrogens with one attached hydrogen (secondary N) is 1. The van der Waals surface area contributed by atoms with Gasteiger partial charge >= 0.3 is 0 Å². The van der Waals surface area contributed by atoms with E-state index in [1.165, 1.54) is 18.9 Å². The molecule has 0 saturated carbocycles. The second-order valence-corrected chi connectivity index (χ2v) is 5.65. The van der Waals surface area contributed by atoms with E-state index >= 15 is 0 Å². The van der Waals surface area contributed by atoms with Gasteiger partial charge in [-0.1, -0.05) is 23.8 Å². The standard InChI is InChI=1S/C17H24N4O4/c1-24-16(25-2)12-18-15(22)10-4-3-7-11-21-17(23)13-8-5-6-9-14(13)19-20-21/h5-6,8-9,16H,3-4,7,10-12H2,1-2H3,(H,18,22). The predicted octanol–water partition coefficient (Wildman–Crippen LogP) is 1.09. The molecule has 2 rings (SSSR count). The summed E-state index contributed by atoms with van der Waals surface area (Å²) in [4.78, 5) is 24.0. The number of unbranched alkanes of at least 4 members (excludes halogenated alkanes) is 2. The number of benzene rings is 1. The van der Waals surface area contributed by atoms with Crippen LogP contribution >= 0.6 is 0 Å². The molecule has 0 aliphatic rings. The molecule has 0 bridgehead atoms. The average molecular weight is 348 g/mol. The van der Waals surface area contributed by atoms with E-state index in [1.54, 1.807) is 12.1 Å². The molecule has 0 atom stereocenters. The molecule has 1 amide bonds. The first kappa shape index (κ1) is 19.0. The number of nitrogens with zero attached hydrogens (tertiary/aromatic N) is 3. The number of hydrogen-bond acceptors (Lipinski definition) is 6. The third-order valence-electron chi connectivity index (χ3n) is 3.89. The molecule has 0 spiro atoms. The van der Waals surface area contributed by atoms with Crippen LogP contribution in [0.25, 0.3) is 10.9 Å². The van der Waals surface area contributed by atoms with E-state index in [1.807, 2.05) is 12.1 Å². The average Bonchev–Trinajstić information content (AvgIpc) is 2.64. The van der Waals surface area contributed by atoms with Crippen LogP contribution in [0.15, 0.2) is 29.1 Å². The number of carbonyl (C=O) groups is 1. The number of methoxy groups -OCH3 is 2. The fraction of sp³-hybridized carbons (Fsp3) is 0.529. The summed E-state index contributed by atoms with van der Waals surface area (Å²) >= 11 is 0. The van der Waals surface area contributed by atoms with Crippen molar-refractivity contribution >= 4 is 16.8 Å². The first-order chi connectivity index (χ1) is 12.2. The maximum atomic E-state index is 12.3. The van der Waals surface area contributed by atoms with Crippen LogP contribution in [0.5, 0.6) is 0 Å². The normalized spacial score (nSPS) is 11.2. The maximum Gasteiger partial charge on any atom is 0.277 e. The lowest BCUT2D eigenvalue weighted by Gasteiger charge is -2.13. The molecule has 1 N–H and O–H groups in total. The molecule has 0 saturated heterocycles. The molecular formula is C17H24N4O4. The third kappa shape index (κ3) is 5.61. The van der Waals surface area contributed by atoms with E-state index in [-0.39, 0.29) is 11.5 Å². The van der Waals surface area contributed by atoms with Crippen LogP contribution < -0.4 is 10.9 Å². The molecule has 0 aliphatic carbocycles. The molecule has 1 heterocycles. The summed E-state index contributed by atoms with van der Waals surface area (Å²) in [6.07, 6.45) is 2.33. The summed E-state index contributed by atoms with van der Waals surface area (Å²) in [6, 6.07) is 7.16. The van der Waals surface area contributed by atoms with E-state index in [0.29, 0.717) is 30.4 Å². The van der Waals surface area contributed by atoms with Gasteiger partial charge in [0.25, 0.3) is 5.56 Å². The van der Waals surface area contributed by atoms with E-state index in [9.17, 15) is 9.59 Å². The van der Waals surface area contributed by atoms with Crippen molar-refractivity contribution in [1.82, 2.24) is 20.3 Å². The first-order valence-corrected chi connectivity index (χ1v) is 8.30. The number of carbonyl (C=O) groups excluding carboxylic acids is 1. The van der Waals surface area contributed by atoms with Gasteiger partial charge in [0.15, 0.2) is 6.29 Å². The van der Waals surface area contributed by atoms with Crippen molar-refractivity contribution in [3.8, 4) is 0 Å². The number of hydrogen-bond donors (Lipinski definition) is 1. The first-order valence-electron chi connectivity index (χ1n) is 8.30. The minimum absolute atomic E-state index is 0.0400. The molecule has 0 aliphatic heterocycles. The van der Waals surface area contributed by atoms with Gasteiger partial charge < -0.3 is 14.8 Å². The molecule has 25 heavy (non-hydrogen) atoms. The quantitative estimate of drug-likeness (QED) is 0.510. The minimum Gasteiger partial charge on any atom is -0.354 e. The highest BCUT2D eigenvalue weighted by molar-refractivity contribution is 5.76. The smallest absolute Gasteiger partial charge is 0.277 e. The van der Waals surface area contributed by atoms with Crippen molar-refractivity contribution in [1.29, 1.82) is 0 Å². The van der Waals surface area contributed by atoms with Crippen LogP contribution in [0.2, 0.25) is 0 Å². The SMILES string of the molecule is COC(CNC(=O)CCCCCn1nnc2ccccc2c1=O)OC. The van der Waals surface area contributed by atoms with E-state index < -0.39 is 6.29 Å². The van der Waals surface area contributed by atoms with Crippen LogP contribution in [-0.4, -0.2) is 48.0 Å². The van der Waals surface area contributed by atoms with Gasteiger partial charge in [0.05, 0.1) is 11.9 Å². The lowest BCUT2D eigenvalue weighted by atomic mass is 10.2. The highest BCUT2D eigenvalue weighted by atomic mass is 16.7. The summed E-state index contributed by atoms with van der Waals surface area (Å²) in [5.41, 5.74) is 0.472. The summed E-state index contributed by atoms with van der Waals surface area (Å²) in [6.45, 7) is 0.821. The van der Waals surface area contributed by atoms with Gasteiger partial charge in [-0.15, -0.1) is 5.10 Å². The predicted molar refractivity (Wildman–Crippen MR) is 93.1 cm³/mol. The van der Waals surface area contributed by atoms with Crippen LogP contribution in [0.1, 0.15) is 25.7 Å². The highest BCUT2D eigenvalue weighted by Gasteiger charge is 2.08. The topological polar surface area (TPSA) is 95.3 Å². The molecule has 0 fully saturated rings. The fourth-order valence-corrected chi connectivity index (χ4v) is 2.44. The van der Waals surface area contributed by atoms with Crippen molar-refractivity contribution in [3.05, 3.63) is 34.6 Å². The summed E-state index contributed by atoms with van der Waals surface area (Å²) in [5, 5.41) is 11.3. The van der Waals surface area contributed by atoms with Crippen molar-refractivity contribution in [2.75, 3.05) is 20.8 Å². The number of amides is 1. The Morgan fingerprint density at radius 2 is 1.96 bits per heavy atom. The van der Waals surface area contributed by atoms with Crippen LogP contribution in [0, 0.1) is 0 Å². The lowest BCUT2D eigenvalue weighted by molar-refractivity contribution is -0.127. The number of ether oxygens (including phenoxy) is 2. The molecule has 0 radical (unpaired) electrons. The highest BCUT2D eigenvalue weighted by Crippen LogP contribution is 2.05. The zero-order valence-electron chi connectivity index (χ0n) is 14.6. The third-order valence-corrected chi connectivity index (χ3v) is 3.89. The number of aryl methyl sites for hydroxylation is 1. The Balaban J connectivity index is 1.70. The summed E-state index contributed by atoms with van der Waals surface area (Å²) in [7, 11) is 3.05. The maximum absolute atomic E-state index is 12.3. The van der Waals surface area contributed by atoms with E-state index in [2.05, 4.69) is 15.6 Å². The monoisotopic (exact) mass is 348 g/mol. The molecule has 8 heteroatoms. The molecule has 0 unspecified atom stereocenters. The Morgan fingerprint density at radius 3 is 2.72 bits per heavy atom. The van der Waals surface area contributed by atoms with Gasteiger partial charge in [-0.2, -0.15) is 0 Å². The van der Waals surface area contributed by atoms with Crippen molar-refractivity contribution in [3.63, 3.8) is 0 Å². The van der Waals surface area contributed by atoms with Crippen molar-refractivity contribution in [2.24, 2.45) is 0 Å². The number of fused-ring (bicyclic) bond motifs is 1. The van der Waals surface area contributed by atoms with Gasteiger partial charge in [0, 0.05) is 27.2 Å². The Bertz CT molecular complexity index is 743. The Morgan fingerprint density at radius 1 is 1.20 bits per heavy atom. The second-order valence-electron chi connectivity index (χ2n) is 5.65. The van der Waals surface area contributed by atoms with Crippen molar-refractivity contribution in [2.45, 2.75) is 38.5 Å². The Labute approximate surface area is 146 Å². The van der Waals surface area contributed by atoms with Crippen molar-refractivity contribution < 1.29 is 14.3 Å². The molecule has 1 aromatic heterocycles. The number of rotatable bonds is 10. The van der Waals surface area contributed by atoms with Gasteiger partial charge in [0.1, 0.15) is 5.52 Å². The second kappa shape index (κ2) is 9.85. The Kier molecular flexibility index (Phi) is 7.49. The zero-order valence-corrected chi connectivity index (χ0v) is 14.6. The minimum atomic E-state index is -0.428. The molecule has 8 nitrogen and oxygen atoms in total. The summed E-state index contributed by atoms with van der Waals surface area (Å²) in [5.74, 6) is -0.0400. The van der Waals surface area contributed by atoms with Crippen LogP contribution in [0.3, 0.4) is 0 Å². The lowest BCUT2D eigenvalue weighted by Crippen LogP contribution is -2.33. The molecular weight excluding hydrogens is 324 g/mol. The van der Waals surface area contributed by atoms with Gasteiger partial charge in [-0.3, -0.25) is 9.59 Å². The Hall–Kier alpha value is -2.32. The van der Waals surface area contributed by atoms with Crippen LogP contribution in [-0.2, 0) is 20.8 Å².